The normalized spacial score (nSPS) is 13.8. The summed E-state index contributed by atoms with van der Waals surface area (Å²) in [6.07, 6.45) is 0.332. The van der Waals surface area contributed by atoms with Crippen molar-refractivity contribution >= 4 is 11.6 Å². The minimum absolute atomic E-state index is 0.0649. The Kier molecular flexibility index (Phi) is 2.78. The topological polar surface area (TPSA) is 20.3 Å². The molecular formula is C15H11F2NO. The van der Waals surface area contributed by atoms with Crippen LogP contribution in [0.15, 0.2) is 42.5 Å². The van der Waals surface area contributed by atoms with E-state index < -0.39 is 11.6 Å². The Morgan fingerprint density at radius 1 is 1.11 bits per heavy atom. The Balaban J connectivity index is 1.93. The number of halogens is 2. The van der Waals surface area contributed by atoms with E-state index in [9.17, 15) is 13.6 Å². The molecule has 0 N–H and O–H groups in total. The van der Waals surface area contributed by atoms with Crippen LogP contribution in [-0.4, -0.2) is 5.91 Å². The highest BCUT2D eigenvalue weighted by atomic mass is 19.1. The maximum absolute atomic E-state index is 13.6. The third kappa shape index (κ3) is 2.10. The second-order valence-electron chi connectivity index (χ2n) is 4.52. The minimum Gasteiger partial charge on any atom is -0.307 e. The summed E-state index contributed by atoms with van der Waals surface area (Å²) in [5.41, 5.74) is 2.05. The average Bonchev–Trinajstić information content (AvgIpc) is 2.69. The fraction of sp³-hybridized carbons (Fsp3) is 0.133. The molecule has 96 valence electrons. The first-order chi connectivity index (χ1) is 9.15. The van der Waals surface area contributed by atoms with Gasteiger partial charge < -0.3 is 4.90 Å². The van der Waals surface area contributed by atoms with Crippen molar-refractivity contribution in [1.29, 1.82) is 0 Å². The lowest BCUT2D eigenvalue weighted by Gasteiger charge is -2.17. The number of anilines is 1. The molecule has 19 heavy (non-hydrogen) atoms. The number of nitrogens with zero attached hydrogens (tertiary/aromatic N) is 1. The molecule has 4 heteroatoms. The molecule has 2 nitrogen and oxygen atoms in total. The van der Waals surface area contributed by atoms with Crippen molar-refractivity contribution in [2.45, 2.75) is 13.0 Å². The molecule has 2 aromatic rings. The molecule has 1 amide bonds. The van der Waals surface area contributed by atoms with Gasteiger partial charge in [-0.25, -0.2) is 8.78 Å². The van der Waals surface area contributed by atoms with Crippen LogP contribution in [0.2, 0.25) is 0 Å². The van der Waals surface area contributed by atoms with Crippen molar-refractivity contribution in [3.63, 3.8) is 0 Å². The van der Waals surface area contributed by atoms with E-state index in [1.807, 2.05) is 24.3 Å². The smallest absolute Gasteiger partial charge is 0.231 e. The van der Waals surface area contributed by atoms with E-state index in [4.69, 9.17) is 0 Å². The fourth-order valence-corrected chi connectivity index (χ4v) is 2.31. The van der Waals surface area contributed by atoms with Gasteiger partial charge in [-0.05, 0) is 17.7 Å². The zero-order chi connectivity index (χ0) is 13.4. The van der Waals surface area contributed by atoms with Crippen LogP contribution in [-0.2, 0) is 17.8 Å². The summed E-state index contributed by atoms with van der Waals surface area (Å²) in [7, 11) is 0. The van der Waals surface area contributed by atoms with E-state index >= 15 is 0 Å². The van der Waals surface area contributed by atoms with Gasteiger partial charge in [-0.2, -0.15) is 0 Å². The lowest BCUT2D eigenvalue weighted by Crippen LogP contribution is -2.26. The van der Waals surface area contributed by atoms with Gasteiger partial charge in [0.2, 0.25) is 5.91 Å². The molecule has 2 aromatic carbocycles. The number of para-hydroxylation sites is 1. The Morgan fingerprint density at radius 3 is 2.68 bits per heavy atom. The predicted octanol–water partition coefficient (Wildman–Crippen LogP) is 3.05. The Labute approximate surface area is 109 Å². The largest absolute Gasteiger partial charge is 0.307 e. The van der Waals surface area contributed by atoms with Gasteiger partial charge in [0.05, 0.1) is 13.0 Å². The summed E-state index contributed by atoms with van der Waals surface area (Å²) < 4.78 is 26.5. The second kappa shape index (κ2) is 4.46. The van der Waals surface area contributed by atoms with Crippen molar-refractivity contribution in [2.75, 3.05) is 4.90 Å². The van der Waals surface area contributed by atoms with Gasteiger partial charge in [-0.1, -0.05) is 24.3 Å². The Bertz CT molecular complexity index is 654. The van der Waals surface area contributed by atoms with Crippen LogP contribution in [0.4, 0.5) is 14.5 Å². The molecule has 3 rings (SSSR count). The number of carbonyl (C=O) groups excluding carboxylic acids is 1. The molecule has 1 aliphatic heterocycles. The van der Waals surface area contributed by atoms with Crippen molar-refractivity contribution in [3.05, 3.63) is 65.2 Å². The van der Waals surface area contributed by atoms with E-state index in [1.54, 1.807) is 0 Å². The van der Waals surface area contributed by atoms with Crippen LogP contribution in [0.1, 0.15) is 11.1 Å². The Hall–Kier alpha value is -2.23. The first-order valence-corrected chi connectivity index (χ1v) is 5.97. The lowest BCUT2D eigenvalue weighted by molar-refractivity contribution is -0.117. The number of rotatable bonds is 2. The van der Waals surface area contributed by atoms with Crippen LogP contribution >= 0.6 is 0 Å². The summed E-state index contributed by atoms with van der Waals surface area (Å²) in [6, 6.07) is 10.8. The molecule has 1 heterocycles. The molecule has 0 aromatic heterocycles. The van der Waals surface area contributed by atoms with Gasteiger partial charge in [-0.15, -0.1) is 0 Å². The zero-order valence-corrected chi connectivity index (χ0v) is 10.1. The number of hydrogen-bond acceptors (Lipinski definition) is 1. The average molecular weight is 259 g/mol. The molecule has 0 atom stereocenters. The number of benzene rings is 2. The van der Waals surface area contributed by atoms with Crippen LogP contribution in [0, 0.1) is 11.6 Å². The third-order valence-corrected chi connectivity index (χ3v) is 3.27. The van der Waals surface area contributed by atoms with Crippen LogP contribution in [0.3, 0.4) is 0 Å². The monoisotopic (exact) mass is 259 g/mol. The van der Waals surface area contributed by atoms with Gasteiger partial charge in [-0.3, -0.25) is 4.79 Å². The molecule has 0 spiro atoms. The maximum Gasteiger partial charge on any atom is 0.231 e. The van der Waals surface area contributed by atoms with E-state index in [-0.39, 0.29) is 12.5 Å². The van der Waals surface area contributed by atoms with Crippen LogP contribution < -0.4 is 4.90 Å². The summed E-state index contributed by atoms with van der Waals surface area (Å²) >= 11 is 0. The molecule has 1 aliphatic rings. The van der Waals surface area contributed by atoms with Crippen LogP contribution in [0.5, 0.6) is 0 Å². The number of fused-ring (bicyclic) bond motifs is 1. The molecule has 0 unspecified atom stereocenters. The van der Waals surface area contributed by atoms with Gasteiger partial charge in [0.15, 0.2) is 0 Å². The molecular weight excluding hydrogens is 248 g/mol. The van der Waals surface area contributed by atoms with Gasteiger partial charge in [0.1, 0.15) is 11.6 Å². The van der Waals surface area contributed by atoms with Crippen molar-refractivity contribution in [2.24, 2.45) is 0 Å². The zero-order valence-electron chi connectivity index (χ0n) is 10.1. The molecule has 0 bridgehead atoms. The quantitative estimate of drug-likeness (QED) is 0.811. The molecule has 0 aliphatic carbocycles. The highest BCUT2D eigenvalue weighted by Crippen LogP contribution is 2.30. The van der Waals surface area contributed by atoms with Crippen molar-refractivity contribution in [1.82, 2.24) is 0 Å². The van der Waals surface area contributed by atoms with Crippen LogP contribution in [0.25, 0.3) is 0 Å². The SMILES string of the molecule is O=C1Cc2ccccc2N1Cc1ccc(F)cc1F. The molecule has 0 fully saturated rings. The van der Waals surface area contributed by atoms with E-state index in [2.05, 4.69) is 0 Å². The number of hydrogen-bond donors (Lipinski definition) is 0. The summed E-state index contributed by atoms with van der Waals surface area (Å²) in [5.74, 6) is -1.31. The standard InChI is InChI=1S/C15H11F2NO/c16-12-6-5-11(13(17)8-12)9-18-14-4-2-1-3-10(14)7-15(18)19/h1-6,8H,7,9H2. The number of carbonyl (C=O) groups is 1. The fourth-order valence-electron chi connectivity index (χ4n) is 2.31. The highest BCUT2D eigenvalue weighted by Gasteiger charge is 2.27. The lowest BCUT2D eigenvalue weighted by atomic mass is 10.1. The second-order valence-corrected chi connectivity index (χ2v) is 4.52. The molecule has 0 radical (unpaired) electrons. The molecule has 0 saturated carbocycles. The third-order valence-electron chi connectivity index (χ3n) is 3.27. The van der Waals surface area contributed by atoms with Crippen molar-refractivity contribution < 1.29 is 13.6 Å². The number of amides is 1. The summed E-state index contributed by atoms with van der Waals surface area (Å²) in [4.78, 5) is 13.5. The van der Waals surface area contributed by atoms with Crippen molar-refractivity contribution in [3.8, 4) is 0 Å². The van der Waals surface area contributed by atoms with E-state index in [0.717, 1.165) is 17.3 Å². The summed E-state index contributed by atoms with van der Waals surface area (Å²) in [6.45, 7) is 0.127. The molecule has 0 saturated heterocycles. The first kappa shape index (κ1) is 11.8. The predicted molar refractivity (Wildman–Crippen MR) is 67.7 cm³/mol. The highest BCUT2D eigenvalue weighted by molar-refractivity contribution is 6.01. The summed E-state index contributed by atoms with van der Waals surface area (Å²) in [5, 5.41) is 0. The van der Waals surface area contributed by atoms with Gasteiger partial charge >= 0.3 is 0 Å². The van der Waals surface area contributed by atoms with E-state index in [0.29, 0.717) is 12.0 Å². The first-order valence-electron chi connectivity index (χ1n) is 5.97. The minimum atomic E-state index is -0.628. The maximum atomic E-state index is 13.6. The van der Waals surface area contributed by atoms with Gasteiger partial charge in [0.25, 0.3) is 0 Å². The van der Waals surface area contributed by atoms with Gasteiger partial charge in [0, 0.05) is 17.3 Å². The van der Waals surface area contributed by atoms with E-state index in [1.165, 1.54) is 17.0 Å². The Morgan fingerprint density at radius 2 is 1.89 bits per heavy atom.